The third-order valence-electron chi connectivity index (χ3n) is 1.76. The van der Waals surface area contributed by atoms with E-state index in [9.17, 15) is 4.79 Å². The van der Waals surface area contributed by atoms with Crippen molar-refractivity contribution in [1.82, 2.24) is 9.97 Å². The number of carbonyl (C=O) groups is 1. The third-order valence-corrected chi connectivity index (χ3v) is 2.87. The van der Waals surface area contributed by atoms with Crippen LogP contribution in [0.5, 0.6) is 0 Å². The first-order valence-electron chi connectivity index (χ1n) is 4.16. The Morgan fingerprint density at radius 1 is 1.40 bits per heavy atom. The molecule has 0 bridgehead atoms. The maximum absolute atomic E-state index is 11.0. The molecule has 5 nitrogen and oxygen atoms in total. The van der Waals surface area contributed by atoms with Crippen LogP contribution >= 0.6 is 11.3 Å². The first-order chi connectivity index (χ1) is 7.18. The lowest BCUT2D eigenvalue weighted by Gasteiger charge is -1.91. The van der Waals surface area contributed by atoms with E-state index >= 15 is 0 Å². The molecule has 0 aromatic carbocycles. The first-order valence-corrected chi connectivity index (χ1v) is 4.97. The number of nitrogens with two attached hydrogens (primary N) is 2. The van der Waals surface area contributed by atoms with Crippen LogP contribution in [-0.2, 0) is 0 Å². The minimum absolute atomic E-state index is 0.160. The van der Waals surface area contributed by atoms with Crippen LogP contribution in [0.1, 0.15) is 9.67 Å². The lowest BCUT2D eigenvalue weighted by atomic mass is 10.4. The molecular weight excluding hydrogens is 212 g/mol. The summed E-state index contributed by atoms with van der Waals surface area (Å²) >= 11 is 1.15. The number of nitrogen functional groups attached to an aromatic ring is 1. The zero-order valence-corrected chi connectivity index (χ0v) is 8.49. The van der Waals surface area contributed by atoms with Gasteiger partial charge in [0.2, 0.25) is 0 Å². The van der Waals surface area contributed by atoms with Gasteiger partial charge in [-0.05, 0) is 12.1 Å². The van der Waals surface area contributed by atoms with Crippen LogP contribution in [0.15, 0.2) is 24.4 Å². The molecule has 0 radical (unpaired) electrons. The minimum atomic E-state index is -0.563. The molecule has 0 fully saturated rings. The normalized spacial score (nSPS) is 10.1. The third kappa shape index (κ3) is 1.79. The van der Waals surface area contributed by atoms with Crippen molar-refractivity contribution in [3.8, 4) is 10.7 Å². The van der Waals surface area contributed by atoms with Crippen molar-refractivity contribution in [2.24, 2.45) is 5.73 Å². The van der Waals surface area contributed by atoms with Gasteiger partial charge in [0.15, 0.2) is 0 Å². The van der Waals surface area contributed by atoms with Crippen molar-refractivity contribution in [3.05, 3.63) is 29.3 Å². The van der Waals surface area contributed by atoms with Crippen LogP contribution in [0.25, 0.3) is 10.7 Å². The highest BCUT2D eigenvalue weighted by Gasteiger charge is 2.14. The van der Waals surface area contributed by atoms with Crippen LogP contribution in [0.3, 0.4) is 0 Å². The minimum Gasteiger partial charge on any atom is -0.382 e. The molecule has 0 saturated carbocycles. The quantitative estimate of drug-likeness (QED) is 0.785. The summed E-state index contributed by atoms with van der Waals surface area (Å²) in [7, 11) is 0. The summed E-state index contributed by atoms with van der Waals surface area (Å²) < 4.78 is 0. The van der Waals surface area contributed by atoms with Gasteiger partial charge in [0.25, 0.3) is 5.91 Å². The number of thiazole rings is 1. The molecule has 0 unspecified atom stereocenters. The maximum atomic E-state index is 11.0. The zero-order chi connectivity index (χ0) is 10.8. The van der Waals surface area contributed by atoms with Crippen molar-refractivity contribution in [2.45, 2.75) is 0 Å². The molecule has 2 aromatic rings. The summed E-state index contributed by atoms with van der Waals surface area (Å²) in [6.07, 6.45) is 1.65. The van der Waals surface area contributed by atoms with E-state index in [1.165, 1.54) is 0 Å². The van der Waals surface area contributed by atoms with Crippen molar-refractivity contribution < 1.29 is 4.79 Å². The van der Waals surface area contributed by atoms with E-state index in [0.717, 1.165) is 11.3 Å². The lowest BCUT2D eigenvalue weighted by Crippen LogP contribution is -2.10. The average molecular weight is 220 g/mol. The Kier molecular flexibility index (Phi) is 2.34. The lowest BCUT2D eigenvalue weighted by molar-refractivity contribution is 0.100. The summed E-state index contributed by atoms with van der Waals surface area (Å²) in [4.78, 5) is 19.4. The van der Waals surface area contributed by atoms with Crippen LogP contribution in [0.2, 0.25) is 0 Å². The molecule has 0 saturated heterocycles. The predicted octanol–water partition coefficient (Wildman–Crippen LogP) is 0.886. The molecule has 6 heteroatoms. The summed E-state index contributed by atoms with van der Waals surface area (Å²) in [5, 5.41) is 0.599. The van der Waals surface area contributed by atoms with E-state index in [1.54, 1.807) is 18.3 Å². The van der Waals surface area contributed by atoms with E-state index in [-0.39, 0.29) is 10.7 Å². The fourth-order valence-electron chi connectivity index (χ4n) is 1.11. The van der Waals surface area contributed by atoms with Crippen LogP contribution in [0.4, 0.5) is 5.82 Å². The molecule has 0 spiro atoms. The van der Waals surface area contributed by atoms with Crippen molar-refractivity contribution >= 4 is 23.1 Å². The van der Waals surface area contributed by atoms with E-state index in [1.807, 2.05) is 6.07 Å². The Balaban J connectivity index is 2.48. The Morgan fingerprint density at radius 3 is 2.73 bits per heavy atom. The molecule has 15 heavy (non-hydrogen) atoms. The van der Waals surface area contributed by atoms with Crippen LogP contribution in [0, 0.1) is 0 Å². The molecule has 4 N–H and O–H groups in total. The molecule has 2 rings (SSSR count). The van der Waals surface area contributed by atoms with Crippen molar-refractivity contribution in [1.29, 1.82) is 0 Å². The number of amides is 1. The highest BCUT2D eigenvalue weighted by atomic mass is 32.1. The van der Waals surface area contributed by atoms with Gasteiger partial charge in [-0.25, -0.2) is 4.98 Å². The largest absolute Gasteiger partial charge is 0.382 e. The first kappa shape index (κ1) is 9.60. The summed E-state index contributed by atoms with van der Waals surface area (Å²) in [6.45, 7) is 0. The number of hydrogen-bond donors (Lipinski definition) is 2. The van der Waals surface area contributed by atoms with E-state index in [2.05, 4.69) is 9.97 Å². The van der Waals surface area contributed by atoms with Gasteiger partial charge in [-0.2, -0.15) is 0 Å². The number of rotatable bonds is 2. The fourth-order valence-corrected chi connectivity index (χ4v) is 1.92. The van der Waals surface area contributed by atoms with Gasteiger partial charge in [-0.15, -0.1) is 11.3 Å². The Morgan fingerprint density at radius 2 is 2.20 bits per heavy atom. The maximum Gasteiger partial charge on any atom is 0.262 e. The topological polar surface area (TPSA) is 94.9 Å². The highest BCUT2D eigenvalue weighted by molar-refractivity contribution is 7.17. The van der Waals surface area contributed by atoms with Crippen LogP contribution in [-0.4, -0.2) is 15.9 Å². The van der Waals surface area contributed by atoms with Crippen molar-refractivity contribution in [3.63, 3.8) is 0 Å². The summed E-state index contributed by atoms with van der Waals surface area (Å²) in [6, 6.07) is 5.43. The van der Waals surface area contributed by atoms with Gasteiger partial charge in [0, 0.05) is 6.20 Å². The summed E-state index contributed by atoms with van der Waals surface area (Å²) in [5.74, 6) is -0.402. The molecule has 76 valence electrons. The second-order valence-corrected chi connectivity index (χ2v) is 3.81. The van der Waals surface area contributed by atoms with Gasteiger partial charge in [0.1, 0.15) is 15.7 Å². The number of hydrogen-bond acceptors (Lipinski definition) is 5. The zero-order valence-electron chi connectivity index (χ0n) is 7.68. The van der Waals surface area contributed by atoms with Gasteiger partial charge in [-0.1, -0.05) is 6.07 Å². The smallest absolute Gasteiger partial charge is 0.262 e. The number of aromatic nitrogens is 2. The van der Waals surface area contributed by atoms with Crippen molar-refractivity contribution in [2.75, 3.05) is 5.73 Å². The van der Waals surface area contributed by atoms with E-state index in [4.69, 9.17) is 11.5 Å². The molecule has 1 amide bonds. The standard InChI is InChI=1S/C9H8N4OS/c10-7-6(8(11)14)15-9(13-7)5-3-1-2-4-12-5/h1-4H,10H2,(H2,11,14). The Labute approximate surface area is 89.8 Å². The molecule has 2 aromatic heterocycles. The van der Waals surface area contributed by atoms with E-state index in [0.29, 0.717) is 10.7 Å². The monoisotopic (exact) mass is 220 g/mol. The highest BCUT2D eigenvalue weighted by Crippen LogP contribution is 2.27. The predicted molar refractivity (Wildman–Crippen MR) is 58.3 cm³/mol. The molecule has 2 heterocycles. The molecule has 0 atom stereocenters. The fraction of sp³-hybridized carbons (Fsp3) is 0. The number of anilines is 1. The Bertz CT molecular complexity index is 494. The second kappa shape index (κ2) is 3.66. The molecule has 0 aliphatic heterocycles. The number of nitrogens with zero attached hydrogens (tertiary/aromatic N) is 2. The van der Waals surface area contributed by atoms with Gasteiger partial charge >= 0.3 is 0 Å². The Hall–Kier alpha value is -1.95. The van der Waals surface area contributed by atoms with Gasteiger partial charge in [0.05, 0.1) is 5.69 Å². The van der Waals surface area contributed by atoms with Crippen LogP contribution < -0.4 is 11.5 Å². The number of primary amides is 1. The SMILES string of the molecule is NC(=O)c1sc(-c2ccccn2)nc1N. The number of carbonyl (C=O) groups excluding carboxylic acids is 1. The number of pyridine rings is 1. The molecule has 0 aliphatic carbocycles. The van der Waals surface area contributed by atoms with Gasteiger partial charge < -0.3 is 11.5 Å². The van der Waals surface area contributed by atoms with Gasteiger partial charge in [-0.3, -0.25) is 9.78 Å². The molecular formula is C9H8N4OS. The second-order valence-electron chi connectivity index (χ2n) is 2.81. The average Bonchev–Trinajstić information content (AvgIpc) is 2.62. The van der Waals surface area contributed by atoms with E-state index < -0.39 is 5.91 Å². The summed E-state index contributed by atoms with van der Waals surface area (Å²) in [5.41, 5.74) is 11.4. The molecule has 0 aliphatic rings.